The number of aromatic nitrogens is 2. The van der Waals surface area contributed by atoms with Crippen LogP contribution in [0.1, 0.15) is 18.5 Å². The summed E-state index contributed by atoms with van der Waals surface area (Å²) in [7, 11) is 0. The highest BCUT2D eigenvalue weighted by molar-refractivity contribution is 5.87. The molecule has 0 aliphatic heterocycles. The number of benzene rings is 1. The number of esters is 1. The van der Waals surface area contributed by atoms with E-state index in [1.165, 1.54) is 0 Å². The molecule has 1 amide bonds. The standard InChI is InChI=1S/C15H15N3O4/c19-13(16-9-5-6-9)8-22-14(20)7-12-10-3-1-2-4-11(10)15(21)18-17-12/h1-4,9H,5-8H2,(H,16,19)(H,18,21). The molecule has 0 bridgehead atoms. The average Bonchev–Trinajstić information content (AvgIpc) is 3.32. The van der Waals surface area contributed by atoms with E-state index in [0.29, 0.717) is 16.5 Å². The van der Waals surface area contributed by atoms with Crippen LogP contribution in [0.15, 0.2) is 29.1 Å². The summed E-state index contributed by atoms with van der Waals surface area (Å²) in [6, 6.07) is 7.12. The Bertz CT molecular complexity index is 780. The highest BCUT2D eigenvalue weighted by Gasteiger charge is 2.23. The monoisotopic (exact) mass is 301 g/mol. The minimum absolute atomic E-state index is 0.103. The van der Waals surface area contributed by atoms with E-state index in [1.54, 1.807) is 24.3 Å². The van der Waals surface area contributed by atoms with Gasteiger partial charge in [0.25, 0.3) is 11.5 Å². The van der Waals surface area contributed by atoms with Gasteiger partial charge in [0.15, 0.2) is 6.61 Å². The third-order valence-electron chi connectivity index (χ3n) is 3.39. The van der Waals surface area contributed by atoms with Crippen LogP contribution < -0.4 is 10.9 Å². The Labute approximate surface area is 125 Å². The van der Waals surface area contributed by atoms with Crippen LogP contribution >= 0.6 is 0 Å². The topological polar surface area (TPSA) is 101 Å². The van der Waals surface area contributed by atoms with Crippen LogP contribution in [0.5, 0.6) is 0 Å². The zero-order chi connectivity index (χ0) is 15.5. The van der Waals surface area contributed by atoms with Crippen LogP contribution in [0.25, 0.3) is 10.8 Å². The summed E-state index contributed by atoms with van der Waals surface area (Å²) < 4.78 is 4.93. The van der Waals surface area contributed by atoms with Crippen LogP contribution in [0, 0.1) is 0 Å². The molecule has 0 atom stereocenters. The summed E-state index contributed by atoms with van der Waals surface area (Å²) >= 11 is 0. The van der Waals surface area contributed by atoms with Crippen LogP contribution in [0.2, 0.25) is 0 Å². The van der Waals surface area contributed by atoms with E-state index in [9.17, 15) is 14.4 Å². The number of carbonyl (C=O) groups excluding carboxylic acids is 2. The van der Waals surface area contributed by atoms with E-state index in [0.717, 1.165) is 12.8 Å². The zero-order valence-corrected chi connectivity index (χ0v) is 11.8. The van der Waals surface area contributed by atoms with E-state index in [4.69, 9.17) is 4.74 Å². The number of ether oxygens (including phenoxy) is 1. The summed E-state index contributed by atoms with van der Waals surface area (Å²) in [4.78, 5) is 34.9. The molecule has 2 N–H and O–H groups in total. The smallest absolute Gasteiger partial charge is 0.312 e. The molecule has 7 heteroatoms. The van der Waals surface area contributed by atoms with Gasteiger partial charge in [-0.2, -0.15) is 5.10 Å². The lowest BCUT2D eigenvalue weighted by Gasteiger charge is -2.06. The first-order chi connectivity index (χ1) is 10.6. The Hall–Kier alpha value is -2.70. The highest BCUT2D eigenvalue weighted by Crippen LogP contribution is 2.18. The van der Waals surface area contributed by atoms with Crippen molar-refractivity contribution in [1.29, 1.82) is 0 Å². The van der Waals surface area contributed by atoms with Crippen molar-refractivity contribution in [3.63, 3.8) is 0 Å². The molecule has 0 radical (unpaired) electrons. The molecule has 1 aromatic carbocycles. The number of nitrogens with zero attached hydrogens (tertiary/aromatic N) is 1. The molecule has 3 rings (SSSR count). The van der Waals surface area contributed by atoms with Crippen molar-refractivity contribution < 1.29 is 14.3 Å². The van der Waals surface area contributed by atoms with Gasteiger partial charge in [-0.3, -0.25) is 14.4 Å². The minimum atomic E-state index is -0.560. The lowest BCUT2D eigenvalue weighted by atomic mass is 10.1. The van der Waals surface area contributed by atoms with E-state index >= 15 is 0 Å². The zero-order valence-electron chi connectivity index (χ0n) is 11.8. The molecule has 7 nitrogen and oxygen atoms in total. The lowest BCUT2D eigenvalue weighted by Crippen LogP contribution is -2.30. The van der Waals surface area contributed by atoms with Gasteiger partial charge in [0.2, 0.25) is 0 Å². The SMILES string of the molecule is O=C(COC(=O)Cc1n[nH]c(=O)c2ccccc12)NC1CC1. The second kappa shape index (κ2) is 5.97. The molecular weight excluding hydrogens is 286 g/mol. The second-order valence-corrected chi connectivity index (χ2v) is 5.22. The predicted molar refractivity (Wildman–Crippen MR) is 78.2 cm³/mol. The van der Waals surface area contributed by atoms with Crippen molar-refractivity contribution in [2.24, 2.45) is 0 Å². The molecule has 1 aliphatic rings. The maximum absolute atomic E-state index is 11.8. The van der Waals surface area contributed by atoms with Gasteiger partial charge >= 0.3 is 5.97 Å². The van der Waals surface area contributed by atoms with Gasteiger partial charge in [-0.05, 0) is 18.9 Å². The number of hydrogen-bond donors (Lipinski definition) is 2. The quantitative estimate of drug-likeness (QED) is 0.773. The molecule has 1 heterocycles. The van der Waals surface area contributed by atoms with Gasteiger partial charge in [0.05, 0.1) is 17.5 Å². The van der Waals surface area contributed by atoms with E-state index in [2.05, 4.69) is 15.5 Å². The normalized spacial score (nSPS) is 13.8. The minimum Gasteiger partial charge on any atom is -0.455 e. The summed E-state index contributed by atoms with van der Waals surface area (Å²) in [5.74, 6) is -0.856. The van der Waals surface area contributed by atoms with Crippen LogP contribution in [0.4, 0.5) is 0 Å². The Morgan fingerprint density at radius 1 is 1.27 bits per heavy atom. The number of carbonyl (C=O) groups is 2. The summed E-state index contributed by atoms with van der Waals surface area (Å²) in [5, 5.41) is 10.0. The van der Waals surface area contributed by atoms with Gasteiger partial charge in [0, 0.05) is 11.4 Å². The third kappa shape index (κ3) is 3.30. The van der Waals surface area contributed by atoms with E-state index in [-0.39, 0.29) is 30.5 Å². The molecular formula is C15H15N3O4. The maximum atomic E-state index is 11.8. The maximum Gasteiger partial charge on any atom is 0.312 e. The van der Waals surface area contributed by atoms with E-state index < -0.39 is 5.97 Å². The summed E-state index contributed by atoms with van der Waals surface area (Å²) in [5.41, 5.74) is 0.110. The van der Waals surface area contributed by atoms with Gasteiger partial charge in [0.1, 0.15) is 0 Å². The molecule has 1 aliphatic carbocycles. The molecule has 1 saturated carbocycles. The Morgan fingerprint density at radius 3 is 2.73 bits per heavy atom. The fraction of sp³-hybridized carbons (Fsp3) is 0.333. The molecule has 0 unspecified atom stereocenters. The van der Waals surface area contributed by atoms with Gasteiger partial charge < -0.3 is 10.1 Å². The number of fused-ring (bicyclic) bond motifs is 1. The average molecular weight is 301 g/mol. The second-order valence-electron chi connectivity index (χ2n) is 5.22. The van der Waals surface area contributed by atoms with Crippen LogP contribution in [0.3, 0.4) is 0 Å². The van der Waals surface area contributed by atoms with Crippen molar-refractivity contribution in [1.82, 2.24) is 15.5 Å². The predicted octanol–water partition coefficient (Wildman–Crippen LogP) is 0.287. The lowest BCUT2D eigenvalue weighted by molar-refractivity contribution is -0.147. The number of amides is 1. The Kier molecular flexibility index (Phi) is 3.86. The molecule has 2 aromatic rings. The molecule has 1 fully saturated rings. The third-order valence-corrected chi connectivity index (χ3v) is 3.39. The van der Waals surface area contributed by atoms with Crippen molar-refractivity contribution in [3.8, 4) is 0 Å². The first kappa shape index (κ1) is 14.2. The number of aromatic amines is 1. The summed E-state index contributed by atoms with van der Waals surface area (Å²) in [6.45, 7) is -0.295. The molecule has 0 saturated heterocycles. The molecule has 0 spiro atoms. The van der Waals surface area contributed by atoms with Crippen LogP contribution in [-0.2, 0) is 20.7 Å². The molecule has 114 valence electrons. The Morgan fingerprint density at radius 2 is 2.00 bits per heavy atom. The van der Waals surface area contributed by atoms with Crippen molar-refractivity contribution in [2.45, 2.75) is 25.3 Å². The van der Waals surface area contributed by atoms with Gasteiger partial charge in [-0.15, -0.1) is 0 Å². The number of rotatable bonds is 5. The number of nitrogens with one attached hydrogen (secondary N) is 2. The number of H-pyrrole nitrogens is 1. The molecule has 22 heavy (non-hydrogen) atoms. The van der Waals surface area contributed by atoms with Gasteiger partial charge in [-0.1, -0.05) is 18.2 Å². The van der Waals surface area contributed by atoms with Crippen molar-refractivity contribution in [3.05, 3.63) is 40.3 Å². The van der Waals surface area contributed by atoms with Crippen molar-refractivity contribution >= 4 is 22.6 Å². The fourth-order valence-corrected chi connectivity index (χ4v) is 2.14. The summed E-state index contributed by atoms with van der Waals surface area (Å²) in [6.07, 6.45) is 1.86. The molecule has 1 aromatic heterocycles. The first-order valence-corrected chi connectivity index (χ1v) is 7.05. The van der Waals surface area contributed by atoms with Crippen molar-refractivity contribution in [2.75, 3.05) is 6.61 Å². The number of hydrogen-bond acceptors (Lipinski definition) is 5. The largest absolute Gasteiger partial charge is 0.455 e. The van der Waals surface area contributed by atoms with Gasteiger partial charge in [-0.25, -0.2) is 5.10 Å². The first-order valence-electron chi connectivity index (χ1n) is 7.05. The highest BCUT2D eigenvalue weighted by atomic mass is 16.5. The van der Waals surface area contributed by atoms with Crippen LogP contribution in [-0.4, -0.2) is 34.7 Å². The fourth-order valence-electron chi connectivity index (χ4n) is 2.14. The van der Waals surface area contributed by atoms with E-state index in [1.807, 2.05) is 0 Å². The Balaban J connectivity index is 1.65.